The van der Waals surface area contributed by atoms with E-state index in [9.17, 15) is 14.2 Å². The summed E-state index contributed by atoms with van der Waals surface area (Å²) in [6, 6.07) is 2.09. The van der Waals surface area contributed by atoms with E-state index in [-0.39, 0.29) is 23.6 Å². The highest BCUT2D eigenvalue weighted by molar-refractivity contribution is 6.46. The maximum atomic E-state index is 13.4. The van der Waals surface area contributed by atoms with Gasteiger partial charge in [0, 0.05) is 6.92 Å². The zero-order chi connectivity index (χ0) is 14.2. The zero-order valence-electron chi connectivity index (χ0n) is 10.1. The van der Waals surface area contributed by atoms with Crippen LogP contribution in [0.25, 0.3) is 0 Å². The summed E-state index contributed by atoms with van der Waals surface area (Å²) in [7, 11) is -1.33. The summed E-state index contributed by atoms with van der Waals surface area (Å²) in [6.07, 6.45) is -1.78. The van der Waals surface area contributed by atoms with Crippen LogP contribution < -0.4 is 9.97 Å². The molecular weight excluding hydrogens is 256 g/mol. The average molecular weight is 269 g/mol. The molecule has 1 aromatic carbocycles. The Balaban J connectivity index is 2.37. The largest absolute Gasteiger partial charge is 0.547 e. The van der Waals surface area contributed by atoms with Crippen LogP contribution in [-0.2, 0) is 11.2 Å². The highest BCUT2D eigenvalue weighted by atomic mass is 19.1. The molecule has 0 spiro atoms. The normalized spacial score (nSPS) is 18.0. The van der Waals surface area contributed by atoms with Gasteiger partial charge in [-0.05, 0) is 24.1 Å². The number of aliphatic hydroxyl groups excluding tert-OH is 1. The first kappa shape index (κ1) is 13.8. The van der Waals surface area contributed by atoms with Gasteiger partial charge in [0.1, 0.15) is 11.6 Å². The fourth-order valence-electron chi connectivity index (χ4n) is 2.08. The van der Waals surface area contributed by atoms with Crippen molar-refractivity contribution in [3.05, 3.63) is 29.1 Å². The van der Waals surface area contributed by atoms with Gasteiger partial charge in [0.2, 0.25) is 5.91 Å². The molecule has 4 N–H and O–H groups in total. The monoisotopic (exact) mass is 269 g/mol. The number of rotatable bonds is 2. The number of hydrogen-bond donors (Lipinski definition) is 4. The first-order valence-corrected chi connectivity index (χ1v) is 5.68. The van der Waals surface area contributed by atoms with Crippen molar-refractivity contribution in [1.29, 1.82) is 0 Å². The van der Waals surface area contributed by atoms with Crippen molar-refractivity contribution in [1.82, 2.24) is 5.32 Å². The van der Waals surface area contributed by atoms with Gasteiger partial charge in [-0.1, -0.05) is 0 Å². The van der Waals surface area contributed by atoms with Crippen LogP contribution in [0, 0.1) is 5.82 Å². The van der Waals surface area contributed by atoms with Gasteiger partial charge in [0.25, 0.3) is 0 Å². The van der Waals surface area contributed by atoms with E-state index in [4.69, 9.17) is 14.9 Å². The van der Waals surface area contributed by atoms with Crippen molar-refractivity contribution >= 4 is 13.0 Å². The molecule has 0 aliphatic carbocycles. The number of aliphatic hydroxyl groups is 2. The van der Waals surface area contributed by atoms with Crippen molar-refractivity contribution in [2.24, 2.45) is 0 Å². The Hall–Kier alpha value is -1.64. The highest BCUT2D eigenvalue weighted by Crippen LogP contribution is 2.34. The van der Waals surface area contributed by atoms with E-state index in [2.05, 4.69) is 5.32 Å². The lowest BCUT2D eigenvalue weighted by Gasteiger charge is -2.29. The molecule has 1 aliphatic rings. The van der Waals surface area contributed by atoms with Gasteiger partial charge >= 0.3 is 7.12 Å². The molecule has 19 heavy (non-hydrogen) atoms. The summed E-state index contributed by atoms with van der Waals surface area (Å²) in [5, 5.41) is 30.5. The molecule has 0 aromatic heterocycles. The predicted molar refractivity (Wildman–Crippen MR) is 63.5 cm³/mol. The minimum absolute atomic E-state index is 0.0329. The molecule has 1 amide bonds. The molecule has 1 atom stereocenters. The maximum Gasteiger partial charge on any atom is 0.547 e. The third kappa shape index (κ3) is 2.86. The molecule has 8 heteroatoms. The third-order valence-electron chi connectivity index (χ3n) is 2.85. The molecule has 1 heterocycles. The van der Waals surface area contributed by atoms with Gasteiger partial charge < -0.3 is 25.2 Å². The molecule has 0 fully saturated rings. The number of carbonyl (C=O) groups is 1. The minimum Gasteiger partial charge on any atom is -0.534 e. The van der Waals surface area contributed by atoms with Gasteiger partial charge in [0.05, 0.1) is 11.5 Å². The number of amides is 1. The van der Waals surface area contributed by atoms with Crippen LogP contribution in [0.5, 0.6) is 5.75 Å². The van der Waals surface area contributed by atoms with Crippen LogP contribution in [0.4, 0.5) is 4.39 Å². The fraction of sp³-hybridized carbons (Fsp3) is 0.364. The predicted octanol–water partition coefficient (Wildman–Crippen LogP) is -0.732. The summed E-state index contributed by atoms with van der Waals surface area (Å²) >= 11 is 0. The molecule has 6 nitrogen and oxygen atoms in total. The Morgan fingerprint density at radius 3 is 2.84 bits per heavy atom. The third-order valence-corrected chi connectivity index (χ3v) is 2.85. The zero-order valence-corrected chi connectivity index (χ0v) is 10.1. The van der Waals surface area contributed by atoms with Gasteiger partial charge in [-0.2, -0.15) is 0 Å². The Bertz CT molecular complexity index is 510. The summed E-state index contributed by atoms with van der Waals surface area (Å²) in [4.78, 5) is 11.0. The van der Waals surface area contributed by atoms with Crippen LogP contribution in [-0.4, -0.2) is 34.2 Å². The number of benzene rings is 1. The van der Waals surface area contributed by atoms with Crippen molar-refractivity contribution in [3.8, 4) is 5.75 Å². The number of halogens is 1. The first-order valence-electron chi connectivity index (χ1n) is 5.68. The van der Waals surface area contributed by atoms with Crippen LogP contribution in [0.2, 0.25) is 0 Å². The van der Waals surface area contributed by atoms with Gasteiger partial charge in [-0.25, -0.2) is 4.39 Å². The number of carbonyl (C=O) groups excluding carboxylic acids is 1. The Kier molecular flexibility index (Phi) is 3.74. The van der Waals surface area contributed by atoms with Crippen molar-refractivity contribution in [2.45, 2.75) is 25.6 Å². The number of hydrogen-bond acceptors (Lipinski definition) is 5. The minimum atomic E-state index is -1.91. The van der Waals surface area contributed by atoms with E-state index in [0.29, 0.717) is 5.56 Å². The Labute approximate surface area is 109 Å². The molecular formula is C11H13BFNO5. The van der Waals surface area contributed by atoms with E-state index in [0.717, 1.165) is 6.07 Å². The van der Waals surface area contributed by atoms with E-state index < -0.39 is 25.2 Å². The van der Waals surface area contributed by atoms with Crippen LogP contribution in [0.1, 0.15) is 24.3 Å². The lowest BCUT2D eigenvalue weighted by atomic mass is 9.72. The van der Waals surface area contributed by atoms with Crippen molar-refractivity contribution in [2.75, 3.05) is 0 Å². The summed E-state index contributed by atoms with van der Waals surface area (Å²) in [6.45, 7) is 1.29. The number of nitrogens with one attached hydrogen (secondary N) is 1. The molecule has 2 rings (SSSR count). The van der Waals surface area contributed by atoms with Gasteiger partial charge in [-0.15, -0.1) is 0 Å². The lowest BCUT2D eigenvalue weighted by molar-refractivity contribution is -0.119. The lowest BCUT2D eigenvalue weighted by Crippen LogP contribution is -2.52. The second kappa shape index (κ2) is 5.16. The summed E-state index contributed by atoms with van der Waals surface area (Å²) < 4.78 is 18.5. The quantitative estimate of drug-likeness (QED) is 0.419. The maximum absolute atomic E-state index is 13.4. The molecule has 1 aromatic rings. The molecule has 0 saturated heterocycles. The Morgan fingerprint density at radius 2 is 2.26 bits per heavy atom. The molecule has 1 aliphatic heterocycles. The van der Waals surface area contributed by atoms with Gasteiger partial charge in [0.15, 0.2) is 6.29 Å². The second-order valence-electron chi connectivity index (χ2n) is 4.38. The van der Waals surface area contributed by atoms with Gasteiger partial charge in [-0.3, -0.25) is 4.79 Å². The highest BCUT2D eigenvalue weighted by Gasteiger charge is 2.37. The van der Waals surface area contributed by atoms with E-state index in [1.165, 1.54) is 13.0 Å². The summed E-state index contributed by atoms with van der Waals surface area (Å²) in [5.41, 5.74) is 0.197. The van der Waals surface area contributed by atoms with E-state index in [1.807, 2.05) is 0 Å². The van der Waals surface area contributed by atoms with E-state index in [1.54, 1.807) is 0 Å². The van der Waals surface area contributed by atoms with Crippen LogP contribution in [0.3, 0.4) is 0 Å². The first-order chi connectivity index (χ1) is 8.88. The molecule has 102 valence electrons. The Morgan fingerprint density at radius 1 is 1.58 bits per heavy atom. The topological polar surface area (TPSA) is 99.0 Å². The smallest absolute Gasteiger partial charge is 0.534 e. The van der Waals surface area contributed by atoms with Crippen molar-refractivity contribution in [3.63, 3.8) is 0 Å². The second-order valence-corrected chi connectivity index (χ2v) is 4.38. The van der Waals surface area contributed by atoms with Crippen molar-refractivity contribution < 1.29 is 29.1 Å². The van der Waals surface area contributed by atoms with Crippen LogP contribution in [0.15, 0.2) is 12.1 Å². The SMILES string of the molecule is CC(=O)N[C@H]1Cc2cc(F)cc(C(O)O)c2OB1O. The average Bonchev–Trinajstić information content (AvgIpc) is 2.29. The molecule has 0 saturated carbocycles. The number of fused-ring (bicyclic) bond motifs is 1. The molecule has 0 bridgehead atoms. The standard InChI is InChI=1S/C11H13BFNO5/c1-5(15)14-9-3-6-2-7(13)4-8(11(16)17)10(6)19-12(9)18/h2,4,9,11,16-18H,3H2,1H3,(H,14,15)/t9-/m0/s1. The molecule has 0 radical (unpaired) electrons. The van der Waals surface area contributed by atoms with E-state index >= 15 is 0 Å². The molecule has 0 unspecified atom stereocenters. The summed E-state index contributed by atoms with van der Waals surface area (Å²) in [5.74, 6) is -1.68. The fourth-order valence-corrected chi connectivity index (χ4v) is 2.08. The van der Waals surface area contributed by atoms with Crippen LogP contribution >= 0.6 is 0 Å².